The van der Waals surface area contributed by atoms with Crippen molar-refractivity contribution >= 4 is 23.2 Å². The van der Waals surface area contributed by atoms with E-state index in [0.29, 0.717) is 5.91 Å². The number of aromatic nitrogens is 2. The van der Waals surface area contributed by atoms with Crippen LogP contribution in [0.15, 0.2) is 42.5 Å². The lowest BCUT2D eigenvalue weighted by molar-refractivity contribution is -0.136. The number of ether oxygens (including phenoxy) is 1. The molecule has 0 radical (unpaired) electrons. The molecule has 3 aliphatic rings. The fourth-order valence-corrected chi connectivity index (χ4v) is 4.92. The van der Waals surface area contributed by atoms with E-state index in [4.69, 9.17) is 4.74 Å². The lowest BCUT2D eigenvalue weighted by Gasteiger charge is -2.40. The highest BCUT2D eigenvalue weighted by Crippen LogP contribution is 2.25. The highest BCUT2D eigenvalue weighted by molar-refractivity contribution is 5.80. The second-order valence-electron chi connectivity index (χ2n) is 8.78. The standard InChI is InChI=1S/C24H32N6O2/c31-24(29-13-11-27(12-14-29)21-6-2-1-3-7-21)20-5-4-10-30(19-20)23-9-8-22(25-26-23)28-15-17-32-18-16-28/h1-3,6-9,20H,4-5,10-19H2/t20-/m0/s1. The van der Waals surface area contributed by atoms with Crippen LogP contribution in [0.4, 0.5) is 17.3 Å². The van der Waals surface area contributed by atoms with Gasteiger partial charge in [0.15, 0.2) is 11.6 Å². The summed E-state index contributed by atoms with van der Waals surface area (Å²) in [6.45, 7) is 8.19. The summed E-state index contributed by atoms with van der Waals surface area (Å²) in [5.41, 5.74) is 1.24. The zero-order chi connectivity index (χ0) is 21.8. The summed E-state index contributed by atoms with van der Waals surface area (Å²) in [4.78, 5) is 22.1. The molecule has 3 saturated heterocycles. The van der Waals surface area contributed by atoms with Gasteiger partial charge >= 0.3 is 0 Å². The van der Waals surface area contributed by atoms with E-state index in [-0.39, 0.29) is 5.92 Å². The first-order chi connectivity index (χ1) is 15.8. The molecule has 0 spiro atoms. The molecule has 3 fully saturated rings. The third-order valence-electron chi connectivity index (χ3n) is 6.78. The van der Waals surface area contributed by atoms with Crippen LogP contribution in [0.5, 0.6) is 0 Å². The maximum atomic E-state index is 13.3. The third-order valence-corrected chi connectivity index (χ3v) is 6.78. The molecule has 0 aliphatic carbocycles. The zero-order valence-electron chi connectivity index (χ0n) is 18.6. The van der Waals surface area contributed by atoms with E-state index in [9.17, 15) is 4.79 Å². The number of morpholine rings is 1. The third kappa shape index (κ3) is 4.65. The summed E-state index contributed by atoms with van der Waals surface area (Å²) in [5, 5.41) is 8.94. The SMILES string of the molecule is O=C([C@H]1CCCN(c2ccc(N3CCOCC3)nn2)C1)N1CCN(c2ccccc2)CC1. The molecule has 1 amide bonds. The van der Waals surface area contributed by atoms with Crippen molar-refractivity contribution in [3.8, 4) is 0 Å². The summed E-state index contributed by atoms with van der Waals surface area (Å²) < 4.78 is 5.42. The molecule has 0 N–H and O–H groups in total. The van der Waals surface area contributed by atoms with Crippen molar-refractivity contribution < 1.29 is 9.53 Å². The van der Waals surface area contributed by atoms with Crippen LogP contribution >= 0.6 is 0 Å². The quantitative estimate of drug-likeness (QED) is 0.725. The van der Waals surface area contributed by atoms with Crippen LogP contribution in [0.25, 0.3) is 0 Å². The summed E-state index contributed by atoms with van der Waals surface area (Å²) in [6, 6.07) is 14.5. The Labute approximate surface area is 189 Å². The number of hydrogen-bond donors (Lipinski definition) is 0. The van der Waals surface area contributed by atoms with Gasteiger partial charge in [0.05, 0.1) is 19.1 Å². The molecule has 0 saturated carbocycles. The molecule has 1 aromatic carbocycles. The van der Waals surface area contributed by atoms with Crippen molar-refractivity contribution in [2.24, 2.45) is 5.92 Å². The Morgan fingerprint density at radius 2 is 1.47 bits per heavy atom. The van der Waals surface area contributed by atoms with Crippen molar-refractivity contribution in [3.63, 3.8) is 0 Å². The molecule has 1 atom stereocenters. The van der Waals surface area contributed by atoms with Crippen LogP contribution in [-0.2, 0) is 9.53 Å². The van der Waals surface area contributed by atoms with Crippen molar-refractivity contribution in [3.05, 3.63) is 42.5 Å². The van der Waals surface area contributed by atoms with Crippen molar-refractivity contribution in [1.29, 1.82) is 0 Å². The Bertz CT molecular complexity index is 879. The van der Waals surface area contributed by atoms with Gasteiger partial charge in [-0.3, -0.25) is 4.79 Å². The van der Waals surface area contributed by atoms with Gasteiger partial charge in [0.2, 0.25) is 5.91 Å². The smallest absolute Gasteiger partial charge is 0.227 e. The number of anilines is 3. The lowest BCUT2D eigenvalue weighted by Crippen LogP contribution is -2.52. The van der Waals surface area contributed by atoms with Crippen molar-refractivity contribution in [2.45, 2.75) is 12.8 Å². The van der Waals surface area contributed by atoms with E-state index in [0.717, 1.165) is 90.0 Å². The van der Waals surface area contributed by atoms with Crippen LogP contribution < -0.4 is 14.7 Å². The Kier molecular flexibility index (Phi) is 6.39. The Hall–Kier alpha value is -2.87. The summed E-state index contributed by atoms with van der Waals surface area (Å²) >= 11 is 0. The van der Waals surface area contributed by atoms with Crippen LogP contribution in [0.2, 0.25) is 0 Å². The van der Waals surface area contributed by atoms with Gasteiger partial charge < -0.3 is 24.3 Å². The highest BCUT2D eigenvalue weighted by Gasteiger charge is 2.31. The van der Waals surface area contributed by atoms with Gasteiger partial charge in [-0.2, -0.15) is 0 Å². The highest BCUT2D eigenvalue weighted by atomic mass is 16.5. The normalized spacial score (nSPS) is 22.2. The zero-order valence-corrected chi connectivity index (χ0v) is 18.6. The van der Waals surface area contributed by atoms with Gasteiger partial charge in [0.1, 0.15) is 0 Å². The first-order valence-corrected chi connectivity index (χ1v) is 11.8. The van der Waals surface area contributed by atoms with E-state index in [1.807, 2.05) is 18.2 Å². The molecule has 8 heteroatoms. The lowest BCUT2D eigenvalue weighted by atomic mass is 9.96. The van der Waals surface area contributed by atoms with E-state index in [1.54, 1.807) is 0 Å². The second-order valence-corrected chi connectivity index (χ2v) is 8.78. The number of para-hydroxylation sites is 1. The summed E-state index contributed by atoms with van der Waals surface area (Å²) in [7, 11) is 0. The predicted octanol–water partition coefficient (Wildman–Crippen LogP) is 1.88. The molecule has 170 valence electrons. The molecular formula is C24H32N6O2. The number of nitrogens with zero attached hydrogens (tertiary/aromatic N) is 6. The van der Waals surface area contributed by atoms with Crippen molar-refractivity contribution in [2.75, 3.05) is 80.3 Å². The first kappa shape index (κ1) is 21.0. The Morgan fingerprint density at radius 1 is 0.781 bits per heavy atom. The van der Waals surface area contributed by atoms with Gasteiger partial charge in [0, 0.05) is 58.0 Å². The predicted molar refractivity (Wildman–Crippen MR) is 125 cm³/mol. The molecule has 2 aromatic rings. The average Bonchev–Trinajstić information content (AvgIpc) is 2.89. The molecule has 1 aromatic heterocycles. The van der Waals surface area contributed by atoms with E-state index >= 15 is 0 Å². The van der Waals surface area contributed by atoms with Crippen LogP contribution in [0.1, 0.15) is 12.8 Å². The van der Waals surface area contributed by atoms with Crippen LogP contribution in [-0.4, -0.2) is 86.6 Å². The molecule has 5 rings (SSSR count). The molecular weight excluding hydrogens is 404 g/mol. The first-order valence-electron chi connectivity index (χ1n) is 11.8. The molecule has 4 heterocycles. The number of benzene rings is 1. The van der Waals surface area contributed by atoms with Gasteiger partial charge in [-0.1, -0.05) is 18.2 Å². The number of carbonyl (C=O) groups is 1. The minimum Gasteiger partial charge on any atom is -0.378 e. The summed E-state index contributed by atoms with van der Waals surface area (Å²) in [5.74, 6) is 2.10. The van der Waals surface area contributed by atoms with E-state index in [2.05, 4.69) is 54.1 Å². The fraction of sp³-hybridized carbons (Fsp3) is 0.542. The molecule has 0 bridgehead atoms. The number of amides is 1. The van der Waals surface area contributed by atoms with Gasteiger partial charge in [0.25, 0.3) is 0 Å². The minimum absolute atomic E-state index is 0.0349. The van der Waals surface area contributed by atoms with Crippen LogP contribution in [0, 0.1) is 5.92 Å². The maximum absolute atomic E-state index is 13.3. The average molecular weight is 437 g/mol. The van der Waals surface area contributed by atoms with Crippen LogP contribution in [0.3, 0.4) is 0 Å². The van der Waals surface area contributed by atoms with Gasteiger partial charge in [-0.05, 0) is 37.1 Å². The number of hydrogen-bond acceptors (Lipinski definition) is 7. The van der Waals surface area contributed by atoms with Crippen molar-refractivity contribution in [1.82, 2.24) is 15.1 Å². The maximum Gasteiger partial charge on any atom is 0.227 e. The number of carbonyl (C=O) groups excluding carboxylic acids is 1. The molecule has 8 nitrogen and oxygen atoms in total. The fourth-order valence-electron chi connectivity index (χ4n) is 4.92. The topological polar surface area (TPSA) is 65.0 Å². The van der Waals surface area contributed by atoms with Gasteiger partial charge in [-0.15, -0.1) is 10.2 Å². The second kappa shape index (κ2) is 9.73. The molecule has 3 aliphatic heterocycles. The number of piperidine rings is 1. The minimum atomic E-state index is 0.0349. The van der Waals surface area contributed by atoms with Gasteiger partial charge in [-0.25, -0.2) is 0 Å². The largest absolute Gasteiger partial charge is 0.378 e. The molecule has 32 heavy (non-hydrogen) atoms. The Morgan fingerprint density at radius 3 is 2.16 bits per heavy atom. The Balaban J connectivity index is 1.16. The summed E-state index contributed by atoms with van der Waals surface area (Å²) in [6.07, 6.45) is 1.96. The number of rotatable bonds is 4. The monoisotopic (exact) mass is 436 g/mol. The van der Waals surface area contributed by atoms with E-state index in [1.165, 1.54) is 5.69 Å². The molecule has 0 unspecified atom stereocenters. The number of piperazine rings is 1. The van der Waals surface area contributed by atoms with E-state index < -0.39 is 0 Å².